The molecule has 0 saturated heterocycles. The van der Waals surface area contributed by atoms with Gasteiger partial charge in [0.1, 0.15) is 11.3 Å². The smallest absolute Gasteiger partial charge is 0.271 e. The van der Waals surface area contributed by atoms with E-state index in [0.717, 1.165) is 37.3 Å². The lowest BCUT2D eigenvalue weighted by atomic mass is 10.3. The Morgan fingerprint density at radius 3 is 2.86 bits per heavy atom. The summed E-state index contributed by atoms with van der Waals surface area (Å²) in [4.78, 5) is 18.8. The number of carbonyl (C=O) groups is 1. The number of rotatable bonds is 7. The zero-order valence-corrected chi connectivity index (χ0v) is 13.1. The molecular formula is C16H24N4O. The van der Waals surface area contributed by atoms with Crippen LogP contribution in [0.2, 0.25) is 0 Å². The third kappa shape index (κ3) is 4.04. The Kier molecular flexibility index (Phi) is 5.33. The molecule has 2 heterocycles. The number of nitrogens with zero attached hydrogens (tertiary/aromatic N) is 3. The summed E-state index contributed by atoms with van der Waals surface area (Å²) in [5.41, 5.74) is 2.42. The SMILES string of the molecule is CCN(CC)CCCNC(=O)c1cn2ccc(C)cc2n1. The molecule has 0 atom stereocenters. The van der Waals surface area contributed by atoms with E-state index in [-0.39, 0.29) is 5.91 Å². The molecule has 0 aliphatic rings. The lowest BCUT2D eigenvalue weighted by Gasteiger charge is -2.17. The number of aryl methyl sites for hydroxylation is 1. The van der Waals surface area contributed by atoms with Crippen molar-refractivity contribution in [1.82, 2.24) is 19.6 Å². The van der Waals surface area contributed by atoms with Gasteiger partial charge in [0.2, 0.25) is 0 Å². The van der Waals surface area contributed by atoms with Crippen molar-refractivity contribution < 1.29 is 4.79 Å². The highest BCUT2D eigenvalue weighted by Gasteiger charge is 2.10. The summed E-state index contributed by atoms with van der Waals surface area (Å²) in [7, 11) is 0. The maximum Gasteiger partial charge on any atom is 0.271 e. The first-order valence-electron chi connectivity index (χ1n) is 7.60. The van der Waals surface area contributed by atoms with Gasteiger partial charge in [0.25, 0.3) is 5.91 Å². The largest absolute Gasteiger partial charge is 0.351 e. The Morgan fingerprint density at radius 2 is 2.14 bits per heavy atom. The van der Waals surface area contributed by atoms with Gasteiger partial charge in [-0.15, -0.1) is 0 Å². The van der Waals surface area contributed by atoms with Crippen LogP contribution in [0, 0.1) is 6.92 Å². The van der Waals surface area contributed by atoms with Crippen LogP contribution in [0.15, 0.2) is 24.5 Å². The zero-order valence-electron chi connectivity index (χ0n) is 13.1. The molecule has 0 aliphatic heterocycles. The van der Waals surface area contributed by atoms with Crippen LogP contribution in [0.5, 0.6) is 0 Å². The normalized spacial score (nSPS) is 11.2. The molecule has 114 valence electrons. The van der Waals surface area contributed by atoms with Crippen LogP contribution in [-0.4, -0.2) is 46.4 Å². The third-order valence-electron chi connectivity index (χ3n) is 3.68. The molecule has 0 aliphatic carbocycles. The maximum absolute atomic E-state index is 12.1. The molecule has 1 N–H and O–H groups in total. The van der Waals surface area contributed by atoms with E-state index in [9.17, 15) is 4.79 Å². The molecule has 0 saturated carbocycles. The number of amides is 1. The van der Waals surface area contributed by atoms with Gasteiger partial charge in [0, 0.05) is 18.9 Å². The minimum absolute atomic E-state index is 0.101. The molecule has 0 aromatic carbocycles. The fraction of sp³-hybridized carbons (Fsp3) is 0.500. The summed E-state index contributed by atoms with van der Waals surface area (Å²) in [6.07, 6.45) is 4.66. The van der Waals surface area contributed by atoms with Crippen LogP contribution in [-0.2, 0) is 0 Å². The predicted molar refractivity (Wildman–Crippen MR) is 84.7 cm³/mol. The Hall–Kier alpha value is -1.88. The molecule has 0 radical (unpaired) electrons. The van der Waals surface area contributed by atoms with E-state index >= 15 is 0 Å². The quantitative estimate of drug-likeness (QED) is 0.794. The summed E-state index contributed by atoms with van der Waals surface area (Å²) in [6, 6.07) is 3.97. The molecule has 0 bridgehead atoms. The fourth-order valence-electron chi connectivity index (χ4n) is 2.33. The summed E-state index contributed by atoms with van der Waals surface area (Å²) in [6.45, 7) is 10.1. The van der Waals surface area contributed by atoms with E-state index in [1.165, 1.54) is 0 Å². The molecular weight excluding hydrogens is 264 g/mol. The Balaban J connectivity index is 1.87. The summed E-state index contributed by atoms with van der Waals surface area (Å²) < 4.78 is 1.87. The molecule has 5 nitrogen and oxygen atoms in total. The van der Waals surface area contributed by atoms with Crippen molar-refractivity contribution in [2.45, 2.75) is 27.2 Å². The number of nitrogens with one attached hydrogen (secondary N) is 1. The van der Waals surface area contributed by atoms with Gasteiger partial charge in [-0.3, -0.25) is 4.79 Å². The average Bonchev–Trinajstić information content (AvgIpc) is 2.90. The van der Waals surface area contributed by atoms with Crippen LogP contribution < -0.4 is 5.32 Å². The number of imidazole rings is 1. The minimum atomic E-state index is -0.101. The Labute approximate surface area is 126 Å². The molecule has 21 heavy (non-hydrogen) atoms. The Morgan fingerprint density at radius 1 is 1.38 bits per heavy atom. The molecule has 1 amide bonds. The summed E-state index contributed by atoms with van der Waals surface area (Å²) in [5, 5.41) is 2.94. The van der Waals surface area contributed by atoms with Crippen molar-refractivity contribution in [3.63, 3.8) is 0 Å². The van der Waals surface area contributed by atoms with Gasteiger partial charge in [0.15, 0.2) is 0 Å². The van der Waals surface area contributed by atoms with Crippen molar-refractivity contribution in [3.05, 3.63) is 35.8 Å². The second-order valence-corrected chi connectivity index (χ2v) is 5.23. The van der Waals surface area contributed by atoms with Gasteiger partial charge >= 0.3 is 0 Å². The van der Waals surface area contributed by atoms with Gasteiger partial charge < -0.3 is 14.6 Å². The molecule has 5 heteroatoms. The molecule has 0 spiro atoms. The van der Waals surface area contributed by atoms with Gasteiger partial charge in [0.05, 0.1) is 0 Å². The average molecular weight is 288 g/mol. The lowest BCUT2D eigenvalue weighted by Crippen LogP contribution is -2.30. The highest BCUT2D eigenvalue weighted by molar-refractivity contribution is 5.92. The van der Waals surface area contributed by atoms with Crippen molar-refractivity contribution in [1.29, 1.82) is 0 Å². The van der Waals surface area contributed by atoms with Gasteiger partial charge in [-0.25, -0.2) is 4.98 Å². The van der Waals surface area contributed by atoms with Crippen molar-refractivity contribution in [2.75, 3.05) is 26.2 Å². The highest BCUT2D eigenvalue weighted by Crippen LogP contribution is 2.07. The van der Waals surface area contributed by atoms with E-state index in [4.69, 9.17) is 0 Å². The number of hydrogen-bond donors (Lipinski definition) is 1. The third-order valence-corrected chi connectivity index (χ3v) is 3.68. The number of carbonyl (C=O) groups excluding carboxylic acids is 1. The highest BCUT2D eigenvalue weighted by atomic mass is 16.1. The lowest BCUT2D eigenvalue weighted by molar-refractivity contribution is 0.0947. The topological polar surface area (TPSA) is 49.6 Å². The van der Waals surface area contributed by atoms with Crippen molar-refractivity contribution in [2.24, 2.45) is 0 Å². The van der Waals surface area contributed by atoms with Crippen LogP contribution in [0.25, 0.3) is 5.65 Å². The maximum atomic E-state index is 12.1. The molecule has 0 unspecified atom stereocenters. The number of fused-ring (bicyclic) bond motifs is 1. The summed E-state index contributed by atoms with van der Waals surface area (Å²) >= 11 is 0. The molecule has 0 fully saturated rings. The van der Waals surface area contributed by atoms with Crippen molar-refractivity contribution >= 4 is 11.6 Å². The fourth-order valence-corrected chi connectivity index (χ4v) is 2.33. The van der Waals surface area contributed by atoms with Crippen LogP contribution in [0.3, 0.4) is 0 Å². The standard InChI is InChI=1S/C16H24N4O/c1-4-19(5-2)9-6-8-17-16(21)14-12-20-10-7-13(3)11-15(20)18-14/h7,10-12H,4-6,8-9H2,1-3H3,(H,17,21). The van der Waals surface area contributed by atoms with E-state index in [2.05, 4.69) is 29.0 Å². The summed E-state index contributed by atoms with van der Waals surface area (Å²) in [5.74, 6) is -0.101. The second-order valence-electron chi connectivity index (χ2n) is 5.23. The van der Waals surface area contributed by atoms with Gasteiger partial charge in [-0.2, -0.15) is 0 Å². The van der Waals surface area contributed by atoms with Crippen molar-refractivity contribution in [3.8, 4) is 0 Å². The first-order chi connectivity index (χ1) is 10.1. The first-order valence-corrected chi connectivity index (χ1v) is 7.60. The van der Waals surface area contributed by atoms with Gasteiger partial charge in [-0.05, 0) is 50.7 Å². The number of hydrogen-bond acceptors (Lipinski definition) is 3. The monoisotopic (exact) mass is 288 g/mol. The first kappa shape index (κ1) is 15.5. The molecule has 2 aromatic rings. The number of aromatic nitrogens is 2. The van der Waals surface area contributed by atoms with E-state index < -0.39 is 0 Å². The van der Waals surface area contributed by atoms with Crippen LogP contribution in [0.1, 0.15) is 36.3 Å². The van der Waals surface area contributed by atoms with E-state index in [1.54, 1.807) is 6.20 Å². The second kappa shape index (κ2) is 7.22. The van der Waals surface area contributed by atoms with Crippen LogP contribution in [0.4, 0.5) is 0 Å². The predicted octanol–water partition coefficient (Wildman–Crippen LogP) is 2.10. The van der Waals surface area contributed by atoms with E-state index in [1.807, 2.05) is 29.7 Å². The van der Waals surface area contributed by atoms with Crippen LogP contribution >= 0.6 is 0 Å². The molecule has 2 aromatic heterocycles. The molecule has 2 rings (SSSR count). The van der Waals surface area contributed by atoms with E-state index in [0.29, 0.717) is 12.2 Å². The zero-order chi connectivity index (χ0) is 15.2. The number of pyridine rings is 1. The Bertz CT molecular complexity index is 601. The van der Waals surface area contributed by atoms with Gasteiger partial charge in [-0.1, -0.05) is 13.8 Å². The minimum Gasteiger partial charge on any atom is -0.351 e.